The van der Waals surface area contributed by atoms with Crippen molar-refractivity contribution in [1.29, 1.82) is 0 Å². The van der Waals surface area contributed by atoms with Crippen molar-refractivity contribution in [2.24, 2.45) is 0 Å². The van der Waals surface area contributed by atoms with Crippen molar-refractivity contribution in [2.75, 3.05) is 26.4 Å². The first-order chi connectivity index (χ1) is 14.2. The minimum Gasteiger partial charge on any atom is -0.491 e. The molecule has 0 unspecified atom stereocenters. The largest absolute Gasteiger partial charge is 0.491 e. The van der Waals surface area contributed by atoms with Gasteiger partial charge in [0.15, 0.2) is 5.78 Å². The number of hydrogen-bond acceptors (Lipinski definition) is 5. The SMILES string of the molecule is C=C(C)C(=O)OCCOCCOc1ccc(C(=O)c2ccc(C(C)(C)C)cc2)cc1. The van der Waals surface area contributed by atoms with E-state index in [0.717, 1.165) is 0 Å². The van der Waals surface area contributed by atoms with Crippen LogP contribution in [0.1, 0.15) is 49.2 Å². The van der Waals surface area contributed by atoms with Crippen LogP contribution >= 0.6 is 0 Å². The summed E-state index contributed by atoms with van der Waals surface area (Å²) in [5.41, 5.74) is 2.89. The summed E-state index contributed by atoms with van der Waals surface area (Å²) in [4.78, 5) is 23.9. The second kappa shape index (κ2) is 10.7. The predicted molar refractivity (Wildman–Crippen MR) is 117 cm³/mol. The topological polar surface area (TPSA) is 61.8 Å². The highest BCUT2D eigenvalue weighted by Gasteiger charge is 2.15. The molecule has 0 radical (unpaired) electrons. The Balaban J connectivity index is 1.76. The van der Waals surface area contributed by atoms with Crippen molar-refractivity contribution in [3.63, 3.8) is 0 Å². The molecule has 2 rings (SSSR count). The summed E-state index contributed by atoms with van der Waals surface area (Å²) in [6.45, 7) is 12.7. The highest BCUT2D eigenvalue weighted by atomic mass is 16.6. The zero-order valence-corrected chi connectivity index (χ0v) is 18.2. The molecule has 0 N–H and O–H groups in total. The van der Waals surface area contributed by atoms with Crippen molar-refractivity contribution >= 4 is 11.8 Å². The van der Waals surface area contributed by atoms with E-state index < -0.39 is 5.97 Å². The van der Waals surface area contributed by atoms with E-state index >= 15 is 0 Å². The van der Waals surface area contributed by atoms with Gasteiger partial charge in [0.2, 0.25) is 0 Å². The van der Waals surface area contributed by atoms with Gasteiger partial charge in [0.1, 0.15) is 19.0 Å². The predicted octanol–water partition coefficient (Wildman–Crippen LogP) is 4.73. The van der Waals surface area contributed by atoms with Crippen molar-refractivity contribution < 1.29 is 23.8 Å². The fraction of sp³-hybridized carbons (Fsp3) is 0.360. The molecule has 2 aromatic rings. The van der Waals surface area contributed by atoms with Gasteiger partial charge in [-0.25, -0.2) is 4.79 Å². The number of rotatable bonds is 10. The lowest BCUT2D eigenvalue weighted by Crippen LogP contribution is -2.13. The van der Waals surface area contributed by atoms with Crippen molar-refractivity contribution in [1.82, 2.24) is 0 Å². The van der Waals surface area contributed by atoms with E-state index in [0.29, 0.717) is 42.3 Å². The number of carbonyl (C=O) groups excluding carboxylic acids is 2. The van der Waals surface area contributed by atoms with Crippen LogP contribution in [-0.4, -0.2) is 38.2 Å². The molecule has 0 fully saturated rings. The van der Waals surface area contributed by atoms with Crippen molar-refractivity contribution in [3.05, 3.63) is 77.4 Å². The van der Waals surface area contributed by atoms with Gasteiger partial charge < -0.3 is 14.2 Å². The third-order valence-corrected chi connectivity index (χ3v) is 4.44. The van der Waals surface area contributed by atoms with E-state index in [1.54, 1.807) is 31.2 Å². The van der Waals surface area contributed by atoms with Crippen LogP contribution in [0.5, 0.6) is 5.75 Å². The molecule has 0 atom stereocenters. The summed E-state index contributed by atoms with van der Waals surface area (Å²) in [6.07, 6.45) is 0. The number of ether oxygens (including phenoxy) is 3. The zero-order chi connectivity index (χ0) is 22.1. The molecule has 0 saturated heterocycles. The maximum Gasteiger partial charge on any atom is 0.333 e. The standard InChI is InChI=1S/C25H30O5/c1-18(2)24(27)30-17-15-28-14-16-29-22-12-8-20(9-13-22)23(26)19-6-10-21(11-7-19)25(3,4)5/h6-13H,1,14-17H2,2-5H3. The molecule has 0 heterocycles. The van der Waals surface area contributed by atoms with E-state index in [9.17, 15) is 9.59 Å². The number of ketones is 1. The Morgan fingerprint density at radius 3 is 1.90 bits per heavy atom. The summed E-state index contributed by atoms with van der Waals surface area (Å²) in [7, 11) is 0. The molecule has 0 amide bonds. The molecule has 0 aromatic heterocycles. The molecule has 0 aliphatic rings. The van der Waals surface area contributed by atoms with Crippen LogP contribution in [0.2, 0.25) is 0 Å². The van der Waals surface area contributed by atoms with Gasteiger partial charge in [-0.1, -0.05) is 51.6 Å². The number of hydrogen-bond donors (Lipinski definition) is 0. The van der Waals surface area contributed by atoms with Gasteiger partial charge >= 0.3 is 5.97 Å². The molecule has 0 spiro atoms. The van der Waals surface area contributed by atoms with E-state index in [1.165, 1.54) is 5.56 Å². The molecule has 2 aromatic carbocycles. The zero-order valence-electron chi connectivity index (χ0n) is 18.2. The van der Waals surface area contributed by atoms with Crippen LogP contribution in [0.25, 0.3) is 0 Å². The fourth-order valence-corrected chi connectivity index (χ4v) is 2.63. The minimum absolute atomic E-state index is 0.0188. The van der Waals surface area contributed by atoms with E-state index in [1.807, 2.05) is 24.3 Å². The summed E-state index contributed by atoms with van der Waals surface area (Å²) in [5, 5.41) is 0. The Morgan fingerprint density at radius 1 is 0.833 bits per heavy atom. The monoisotopic (exact) mass is 410 g/mol. The lowest BCUT2D eigenvalue weighted by Gasteiger charge is -2.19. The van der Waals surface area contributed by atoms with Crippen LogP contribution < -0.4 is 4.74 Å². The van der Waals surface area contributed by atoms with Crippen LogP contribution in [0, 0.1) is 0 Å². The maximum absolute atomic E-state index is 12.7. The third kappa shape index (κ3) is 7.16. The molecular weight excluding hydrogens is 380 g/mol. The van der Waals surface area contributed by atoms with Crippen molar-refractivity contribution in [3.8, 4) is 5.75 Å². The van der Waals surface area contributed by atoms with Gasteiger partial charge in [-0.2, -0.15) is 0 Å². The van der Waals surface area contributed by atoms with Gasteiger partial charge in [-0.05, 0) is 42.2 Å². The lowest BCUT2D eigenvalue weighted by atomic mass is 9.86. The van der Waals surface area contributed by atoms with Gasteiger partial charge in [0.25, 0.3) is 0 Å². The summed E-state index contributed by atoms with van der Waals surface area (Å²) < 4.78 is 15.9. The highest BCUT2D eigenvalue weighted by Crippen LogP contribution is 2.23. The molecule has 0 aliphatic heterocycles. The van der Waals surface area contributed by atoms with E-state index in [2.05, 4.69) is 27.4 Å². The highest BCUT2D eigenvalue weighted by molar-refractivity contribution is 6.09. The van der Waals surface area contributed by atoms with Crippen LogP contribution in [0.15, 0.2) is 60.7 Å². The number of carbonyl (C=O) groups is 2. The molecule has 0 saturated carbocycles. The van der Waals surface area contributed by atoms with Crippen molar-refractivity contribution in [2.45, 2.75) is 33.1 Å². The van der Waals surface area contributed by atoms with Gasteiger partial charge in [-0.3, -0.25) is 4.79 Å². The Morgan fingerprint density at radius 2 is 1.37 bits per heavy atom. The van der Waals surface area contributed by atoms with E-state index in [4.69, 9.17) is 14.2 Å². The number of esters is 1. The second-order valence-electron chi connectivity index (χ2n) is 8.06. The average molecular weight is 411 g/mol. The Hall–Kier alpha value is -2.92. The quantitative estimate of drug-likeness (QED) is 0.245. The van der Waals surface area contributed by atoms with Gasteiger partial charge in [-0.15, -0.1) is 0 Å². The fourth-order valence-electron chi connectivity index (χ4n) is 2.63. The van der Waals surface area contributed by atoms with Crippen LogP contribution in [0.4, 0.5) is 0 Å². The molecule has 5 heteroatoms. The summed E-state index contributed by atoms with van der Waals surface area (Å²) >= 11 is 0. The molecular formula is C25H30O5. The maximum atomic E-state index is 12.7. The smallest absolute Gasteiger partial charge is 0.333 e. The summed E-state index contributed by atoms with van der Waals surface area (Å²) in [5.74, 6) is 0.219. The second-order valence-corrected chi connectivity index (χ2v) is 8.06. The Labute approximate surface area is 178 Å². The van der Waals surface area contributed by atoms with E-state index in [-0.39, 0.29) is 17.8 Å². The Kier molecular flexibility index (Phi) is 8.36. The normalized spacial score (nSPS) is 11.1. The Bertz CT molecular complexity index is 858. The summed E-state index contributed by atoms with van der Waals surface area (Å²) in [6, 6.07) is 14.8. The molecule has 5 nitrogen and oxygen atoms in total. The molecule has 160 valence electrons. The average Bonchev–Trinajstić information content (AvgIpc) is 2.72. The lowest BCUT2D eigenvalue weighted by molar-refractivity contribution is -0.140. The molecule has 0 aliphatic carbocycles. The number of benzene rings is 2. The first-order valence-electron chi connectivity index (χ1n) is 9.97. The van der Waals surface area contributed by atoms with Gasteiger partial charge in [0, 0.05) is 16.7 Å². The first-order valence-corrected chi connectivity index (χ1v) is 9.97. The van der Waals surface area contributed by atoms with Crippen LogP contribution in [0.3, 0.4) is 0 Å². The third-order valence-electron chi connectivity index (χ3n) is 4.44. The molecule has 0 bridgehead atoms. The van der Waals surface area contributed by atoms with Crippen LogP contribution in [-0.2, 0) is 19.7 Å². The first kappa shape index (κ1) is 23.4. The van der Waals surface area contributed by atoms with Gasteiger partial charge in [0.05, 0.1) is 13.2 Å². The molecule has 30 heavy (non-hydrogen) atoms. The minimum atomic E-state index is -0.422.